The summed E-state index contributed by atoms with van der Waals surface area (Å²) in [4.78, 5) is 34.1. The van der Waals surface area contributed by atoms with Gasteiger partial charge in [-0.1, -0.05) is 44.5 Å². The van der Waals surface area contributed by atoms with E-state index in [0.717, 1.165) is 31.2 Å². The number of nitrogens with zero attached hydrogens (tertiary/aromatic N) is 4. The highest BCUT2D eigenvalue weighted by Crippen LogP contribution is 2.31. The minimum Gasteiger partial charge on any atom is -0.337 e. The highest BCUT2D eigenvalue weighted by molar-refractivity contribution is 6.30. The van der Waals surface area contributed by atoms with Crippen molar-refractivity contribution in [2.45, 2.75) is 65.8 Å². The maximum absolute atomic E-state index is 13.3. The van der Waals surface area contributed by atoms with Crippen LogP contribution >= 0.6 is 11.6 Å². The van der Waals surface area contributed by atoms with Crippen LogP contribution in [0.2, 0.25) is 5.02 Å². The molecule has 0 N–H and O–H groups in total. The summed E-state index contributed by atoms with van der Waals surface area (Å²) in [6, 6.07) is 6.96. The normalized spacial score (nSPS) is 16.8. The molecule has 1 aromatic carbocycles. The summed E-state index contributed by atoms with van der Waals surface area (Å²) in [7, 11) is 0. The van der Waals surface area contributed by atoms with E-state index in [0.29, 0.717) is 36.2 Å². The Bertz CT molecular complexity index is 920. The molecule has 1 fully saturated rings. The SMILES string of the molecule is CCCN(CC(=O)N1CCCCC1c1nc(-c2ccc(Cl)cc2)no1)C(=O)CC(C)(C)C. The molecule has 2 heterocycles. The lowest BCUT2D eigenvalue weighted by Crippen LogP contribution is -2.46. The second kappa shape index (κ2) is 10.5. The molecule has 0 spiro atoms. The molecule has 1 aliphatic rings. The zero-order valence-electron chi connectivity index (χ0n) is 19.4. The van der Waals surface area contributed by atoms with Crippen molar-refractivity contribution in [1.29, 1.82) is 0 Å². The molecule has 8 heteroatoms. The van der Waals surface area contributed by atoms with Crippen LogP contribution in [0, 0.1) is 5.41 Å². The van der Waals surface area contributed by atoms with Crippen molar-refractivity contribution in [3.63, 3.8) is 0 Å². The van der Waals surface area contributed by atoms with Gasteiger partial charge in [-0.05, 0) is 55.4 Å². The zero-order chi connectivity index (χ0) is 23.3. The Balaban J connectivity index is 1.74. The smallest absolute Gasteiger partial charge is 0.249 e. The number of hydrogen-bond acceptors (Lipinski definition) is 5. The summed E-state index contributed by atoms with van der Waals surface area (Å²) in [6.07, 6.45) is 3.88. The number of halogens is 1. The second-order valence-corrected chi connectivity index (χ2v) is 10.1. The Hall–Kier alpha value is -2.41. The van der Waals surface area contributed by atoms with E-state index < -0.39 is 0 Å². The Morgan fingerprint density at radius 1 is 1.22 bits per heavy atom. The molecule has 1 aliphatic heterocycles. The topological polar surface area (TPSA) is 79.5 Å². The first kappa shape index (κ1) is 24.2. The van der Waals surface area contributed by atoms with Gasteiger partial charge in [0.05, 0.1) is 6.54 Å². The van der Waals surface area contributed by atoms with Crippen molar-refractivity contribution >= 4 is 23.4 Å². The fourth-order valence-electron chi connectivity index (χ4n) is 3.96. The molecule has 1 saturated heterocycles. The summed E-state index contributed by atoms with van der Waals surface area (Å²) in [6.45, 7) is 9.39. The van der Waals surface area contributed by atoms with Crippen molar-refractivity contribution < 1.29 is 14.1 Å². The fourth-order valence-corrected chi connectivity index (χ4v) is 4.08. The van der Waals surface area contributed by atoms with Gasteiger partial charge in [0.2, 0.25) is 23.5 Å². The van der Waals surface area contributed by atoms with Crippen molar-refractivity contribution in [2.75, 3.05) is 19.6 Å². The van der Waals surface area contributed by atoms with Crippen LogP contribution in [0.15, 0.2) is 28.8 Å². The molecule has 3 rings (SSSR count). The van der Waals surface area contributed by atoms with Crippen molar-refractivity contribution in [2.24, 2.45) is 5.41 Å². The first-order valence-electron chi connectivity index (χ1n) is 11.3. The molecule has 32 heavy (non-hydrogen) atoms. The molecule has 0 radical (unpaired) electrons. The monoisotopic (exact) mass is 460 g/mol. The highest BCUT2D eigenvalue weighted by Gasteiger charge is 2.34. The minimum absolute atomic E-state index is 0.0177. The molecule has 1 aromatic heterocycles. The van der Waals surface area contributed by atoms with E-state index in [9.17, 15) is 9.59 Å². The summed E-state index contributed by atoms with van der Waals surface area (Å²) in [5.41, 5.74) is 0.682. The number of likely N-dealkylation sites (tertiary alicyclic amines) is 1. The Kier molecular flexibility index (Phi) is 7.93. The first-order valence-corrected chi connectivity index (χ1v) is 11.7. The molecule has 0 bridgehead atoms. The predicted octanol–water partition coefficient (Wildman–Crippen LogP) is 5.12. The van der Waals surface area contributed by atoms with E-state index >= 15 is 0 Å². The Morgan fingerprint density at radius 2 is 1.94 bits per heavy atom. The van der Waals surface area contributed by atoms with Crippen LogP contribution < -0.4 is 0 Å². The van der Waals surface area contributed by atoms with E-state index in [2.05, 4.69) is 10.1 Å². The van der Waals surface area contributed by atoms with Crippen LogP contribution in [-0.4, -0.2) is 51.4 Å². The van der Waals surface area contributed by atoms with E-state index in [1.54, 1.807) is 21.9 Å². The van der Waals surface area contributed by atoms with Crippen LogP contribution in [-0.2, 0) is 9.59 Å². The average molecular weight is 461 g/mol. The number of piperidine rings is 1. The van der Waals surface area contributed by atoms with E-state index in [-0.39, 0.29) is 29.8 Å². The number of aromatic nitrogens is 2. The van der Waals surface area contributed by atoms with Gasteiger partial charge in [0.1, 0.15) is 6.04 Å². The van der Waals surface area contributed by atoms with Gasteiger partial charge in [-0.2, -0.15) is 4.98 Å². The number of rotatable bonds is 7. The lowest BCUT2D eigenvalue weighted by atomic mass is 9.91. The third-order valence-electron chi connectivity index (χ3n) is 5.51. The van der Waals surface area contributed by atoms with Gasteiger partial charge in [0.15, 0.2) is 0 Å². The number of benzene rings is 1. The largest absolute Gasteiger partial charge is 0.337 e. The predicted molar refractivity (Wildman–Crippen MR) is 124 cm³/mol. The fraction of sp³-hybridized carbons (Fsp3) is 0.583. The molecule has 0 aliphatic carbocycles. The van der Waals surface area contributed by atoms with Crippen LogP contribution in [0.4, 0.5) is 0 Å². The molecular formula is C24H33ClN4O3. The van der Waals surface area contributed by atoms with Crippen molar-refractivity contribution in [3.8, 4) is 11.4 Å². The minimum atomic E-state index is -0.272. The number of carbonyl (C=O) groups is 2. The standard InChI is InChI=1S/C24H33ClN4O3/c1-5-13-28(20(30)15-24(2,3)4)16-21(31)29-14-7-6-8-19(29)23-26-22(27-32-23)17-9-11-18(25)12-10-17/h9-12,19H,5-8,13-16H2,1-4H3. The molecule has 1 atom stereocenters. The van der Waals surface area contributed by atoms with Crippen LogP contribution in [0.5, 0.6) is 0 Å². The average Bonchev–Trinajstić information content (AvgIpc) is 3.23. The highest BCUT2D eigenvalue weighted by atomic mass is 35.5. The second-order valence-electron chi connectivity index (χ2n) is 9.61. The molecule has 2 aromatic rings. The Morgan fingerprint density at radius 3 is 2.59 bits per heavy atom. The van der Waals surface area contributed by atoms with E-state index in [1.165, 1.54) is 0 Å². The molecule has 174 valence electrons. The van der Waals surface area contributed by atoms with Gasteiger partial charge >= 0.3 is 0 Å². The van der Waals surface area contributed by atoms with Crippen molar-refractivity contribution in [1.82, 2.24) is 19.9 Å². The van der Waals surface area contributed by atoms with Gasteiger partial charge < -0.3 is 14.3 Å². The van der Waals surface area contributed by atoms with Gasteiger partial charge in [0, 0.05) is 30.1 Å². The number of amides is 2. The Labute approximate surface area is 195 Å². The first-order chi connectivity index (χ1) is 15.2. The summed E-state index contributed by atoms with van der Waals surface area (Å²) >= 11 is 5.97. The van der Waals surface area contributed by atoms with Gasteiger partial charge in [-0.25, -0.2) is 0 Å². The number of carbonyl (C=O) groups excluding carboxylic acids is 2. The molecule has 7 nitrogen and oxygen atoms in total. The molecular weight excluding hydrogens is 428 g/mol. The van der Waals surface area contributed by atoms with Crippen LogP contribution in [0.1, 0.15) is 71.7 Å². The quantitative estimate of drug-likeness (QED) is 0.573. The molecule has 2 amide bonds. The zero-order valence-corrected chi connectivity index (χ0v) is 20.2. The van der Waals surface area contributed by atoms with E-state index in [4.69, 9.17) is 16.1 Å². The lowest BCUT2D eigenvalue weighted by Gasteiger charge is -2.35. The summed E-state index contributed by atoms with van der Waals surface area (Å²) in [5.74, 6) is 0.856. The van der Waals surface area contributed by atoms with Gasteiger partial charge in [-0.3, -0.25) is 9.59 Å². The number of hydrogen-bond donors (Lipinski definition) is 0. The maximum atomic E-state index is 13.3. The van der Waals surface area contributed by atoms with Gasteiger partial charge in [0.25, 0.3) is 0 Å². The van der Waals surface area contributed by atoms with E-state index in [1.807, 2.05) is 39.8 Å². The van der Waals surface area contributed by atoms with Crippen LogP contribution in [0.25, 0.3) is 11.4 Å². The lowest BCUT2D eigenvalue weighted by molar-refractivity contribution is -0.144. The molecule has 1 unspecified atom stereocenters. The maximum Gasteiger partial charge on any atom is 0.249 e. The third kappa shape index (κ3) is 6.31. The third-order valence-corrected chi connectivity index (χ3v) is 5.76. The van der Waals surface area contributed by atoms with Gasteiger partial charge in [-0.15, -0.1) is 0 Å². The van der Waals surface area contributed by atoms with Crippen LogP contribution in [0.3, 0.4) is 0 Å². The summed E-state index contributed by atoms with van der Waals surface area (Å²) in [5, 5.41) is 4.75. The molecule has 0 saturated carbocycles. The van der Waals surface area contributed by atoms with Crippen molar-refractivity contribution in [3.05, 3.63) is 35.2 Å². The summed E-state index contributed by atoms with van der Waals surface area (Å²) < 4.78 is 5.57.